The highest BCUT2D eigenvalue weighted by molar-refractivity contribution is 7.89. The fourth-order valence-electron chi connectivity index (χ4n) is 1.94. The molecule has 2 rings (SSSR count). The van der Waals surface area contributed by atoms with Gasteiger partial charge in [-0.2, -0.15) is 5.26 Å². The highest BCUT2D eigenvalue weighted by Gasteiger charge is 2.21. The zero-order valence-electron chi connectivity index (χ0n) is 11.7. The Labute approximate surface area is 131 Å². The number of hydrogen-bond donors (Lipinski definition) is 2. The predicted molar refractivity (Wildman–Crippen MR) is 77.7 cm³/mol. The maximum Gasteiger partial charge on any atom is 0.240 e. The number of nitrogens with one attached hydrogen (secondary N) is 1. The Morgan fingerprint density at radius 3 is 2.39 bits per heavy atom. The van der Waals surface area contributed by atoms with Crippen molar-refractivity contribution in [1.82, 2.24) is 4.72 Å². The summed E-state index contributed by atoms with van der Waals surface area (Å²) in [5.41, 5.74) is -0.463. The summed E-state index contributed by atoms with van der Waals surface area (Å²) in [4.78, 5) is -0.183. The number of rotatable bonds is 5. The maximum atomic E-state index is 13.5. The maximum absolute atomic E-state index is 13.5. The average molecular weight is 338 g/mol. The summed E-state index contributed by atoms with van der Waals surface area (Å²) < 4.78 is 53.3. The van der Waals surface area contributed by atoms with Crippen LogP contribution in [-0.4, -0.2) is 20.1 Å². The van der Waals surface area contributed by atoms with Crippen LogP contribution < -0.4 is 4.72 Å². The molecule has 23 heavy (non-hydrogen) atoms. The minimum Gasteiger partial charge on any atom is -0.387 e. The normalized spacial score (nSPS) is 12.6. The van der Waals surface area contributed by atoms with Crippen molar-refractivity contribution in [1.29, 1.82) is 5.26 Å². The SMILES string of the molecule is N#Cc1cccc(S(=O)(=O)NC[C@H](O)c2c(F)cccc2F)c1. The fourth-order valence-corrected chi connectivity index (χ4v) is 3.02. The number of nitrogens with zero attached hydrogens (tertiary/aromatic N) is 1. The first-order valence-corrected chi connectivity index (χ1v) is 7.95. The molecule has 0 bridgehead atoms. The van der Waals surface area contributed by atoms with E-state index in [4.69, 9.17) is 5.26 Å². The standard InChI is InChI=1S/C15H12F2N2O3S/c16-12-5-2-6-13(17)15(12)14(20)9-19-23(21,22)11-4-1-3-10(7-11)8-18/h1-7,14,19-20H,9H2/t14-/m0/s1. The summed E-state index contributed by atoms with van der Waals surface area (Å²) in [5, 5.41) is 18.6. The van der Waals surface area contributed by atoms with Gasteiger partial charge in [-0.05, 0) is 30.3 Å². The molecule has 0 aliphatic carbocycles. The van der Waals surface area contributed by atoms with Crippen LogP contribution >= 0.6 is 0 Å². The van der Waals surface area contributed by atoms with Crippen LogP contribution in [0.2, 0.25) is 0 Å². The lowest BCUT2D eigenvalue weighted by molar-refractivity contribution is 0.172. The molecule has 0 aromatic heterocycles. The molecule has 0 amide bonds. The Balaban J connectivity index is 2.17. The van der Waals surface area contributed by atoms with Crippen LogP contribution in [0.5, 0.6) is 0 Å². The molecule has 2 N–H and O–H groups in total. The van der Waals surface area contributed by atoms with Gasteiger partial charge in [0.2, 0.25) is 10.0 Å². The van der Waals surface area contributed by atoms with Crippen LogP contribution in [0, 0.1) is 23.0 Å². The number of aliphatic hydroxyl groups excluding tert-OH is 1. The first-order chi connectivity index (χ1) is 10.8. The first kappa shape index (κ1) is 17.0. The van der Waals surface area contributed by atoms with Crippen molar-refractivity contribution in [2.75, 3.05) is 6.54 Å². The van der Waals surface area contributed by atoms with Crippen LogP contribution in [0.4, 0.5) is 8.78 Å². The third kappa shape index (κ3) is 3.90. The fraction of sp³-hybridized carbons (Fsp3) is 0.133. The van der Waals surface area contributed by atoms with E-state index in [-0.39, 0.29) is 10.5 Å². The second-order valence-corrected chi connectivity index (χ2v) is 6.41. The Morgan fingerprint density at radius 2 is 1.78 bits per heavy atom. The molecule has 1 atom stereocenters. The van der Waals surface area contributed by atoms with Gasteiger partial charge in [0.1, 0.15) is 11.6 Å². The lowest BCUT2D eigenvalue weighted by Crippen LogP contribution is -2.29. The van der Waals surface area contributed by atoms with E-state index < -0.39 is 39.9 Å². The Hall–Kier alpha value is -2.34. The monoisotopic (exact) mass is 338 g/mol. The molecule has 120 valence electrons. The number of benzene rings is 2. The van der Waals surface area contributed by atoms with Crippen molar-refractivity contribution >= 4 is 10.0 Å². The smallest absolute Gasteiger partial charge is 0.240 e. The van der Waals surface area contributed by atoms with Gasteiger partial charge in [-0.15, -0.1) is 0 Å². The molecule has 0 radical (unpaired) electrons. The number of nitriles is 1. The van der Waals surface area contributed by atoms with Crippen molar-refractivity contribution < 1.29 is 22.3 Å². The molecule has 0 heterocycles. The second-order valence-electron chi connectivity index (χ2n) is 4.64. The molecule has 5 nitrogen and oxygen atoms in total. The Morgan fingerprint density at radius 1 is 1.17 bits per heavy atom. The minimum absolute atomic E-state index is 0.147. The number of hydrogen-bond acceptors (Lipinski definition) is 4. The van der Waals surface area contributed by atoms with Crippen LogP contribution in [0.25, 0.3) is 0 Å². The van der Waals surface area contributed by atoms with Crippen molar-refractivity contribution in [3.8, 4) is 6.07 Å². The van der Waals surface area contributed by atoms with E-state index >= 15 is 0 Å². The lowest BCUT2D eigenvalue weighted by Gasteiger charge is -2.14. The molecular formula is C15H12F2N2O3S. The molecule has 0 saturated heterocycles. The molecule has 8 heteroatoms. The lowest BCUT2D eigenvalue weighted by atomic mass is 10.1. The zero-order chi connectivity index (χ0) is 17.0. The molecule has 0 fully saturated rings. The number of sulfonamides is 1. The third-order valence-corrected chi connectivity index (χ3v) is 4.49. The third-order valence-electron chi connectivity index (χ3n) is 3.07. The van der Waals surface area contributed by atoms with Gasteiger partial charge in [-0.25, -0.2) is 21.9 Å². The summed E-state index contributed by atoms with van der Waals surface area (Å²) in [6.45, 7) is -0.614. The van der Waals surface area contributed by atoms with Crippen LogP contribution in [0.1, 0.15) is 17.2 Å². The first-order valence-electron chi connectivity index (χ1n) is 6.47. The highest BCUT2D eigenvalue weighted by Crippen LogP contribution is 2.20. The minimum atomic E-state index is -4.03. The van der Waals surface area contributed by atoms with Crippen molar-refractivity contribution in [3.63, 3.8) is 0 Å². The van der Waals surface area contributed by atoms with Crippen LogP contribution in [0.15, 0.2) is 47.4 Å². The summed E-state index contributed by atoms with van der Waals surface area (Å²) in [6, 6.07) is 10.1. The molecular weight excluding hydrogens is 326 g/mol. The summed E-state index contributed by atoms with van der Waals surface area (Å²) >= 11 is 0. The second kappa shape index (κ2) is 6.83. The summed E-state index contributed by atoms with van der Waals surface area (Å²) in [5.74, 6) is -1.94. The van der Waals surface area contributed by atoms with E-state index in [0.29, 0.717) is 0 Å². The topological polar surface area (TPSA) is 90.2 Å². The predicted octanol–water partition coefficient (Wildman–Crippen LogP) is 1.85. The van der Waals surface area contributed by atoms with Gasteiger partial charge in [-0.3, -0.25) is 0 Å². The van der Waals surface area contributed by atoms with Crippen LogP contribution in [0.3, 0.4) is 0 Å². The van der Waals surface area contributed by atoms with Gasteiger partial charge in [-0.1, -0.05) is 12.1 Å². The van der Waals surface area contributed by atoms with Crippen molar-refractivity contribution in [2.24, 2.45) is 0 Å². The van der Waals surface area contributed by atoms with E-state index in [2.05, 4.69) is 4.72 Å². The molecule has 0 aliphatic rings. The van der Waals surface area contributed by atoms with E-state index in [1.54, 1.807) is 6.07 Å². The zero-order valence-corrected chi connectivity index (χ0v) is 12.5. The molecule has 0 unspecified atom stereocenters. The number of aliphatic hydroxyl groups is 1. The molecule has 2 aromatic carbocycles. The highest BCUT2D eigenvalue weighted by atomic mass is 32.2. The van der Waals surface area contributed by atoms with Gasteiger partial charge >= 0.3 is 0 Å². The van der Waals surface area contributed by atoms with Gasteiger partial charge in [0.15, 0.2) is 0 Å². The van der Waals surface area contributed by atoms with E-state index in [1.165, 1.54) is 18.2 Å². The van der Waals surface area contributed by atoms with E-state index in [9.17, 15) is 22.3 Å². The summed E-state index contributed by atoms with van der Waals surface area (Å²) in [6.07, 6.45) is -1.69. The Kier molecular flexibility index (Phi) is 5.05. The van der Waals surface area contributed by atoms with Crippen molar-refractivity contribution in [2.45, 2.75) is 11.0 Å². The summed E-state index contributed by atoms with van der Waals surface area (Å²) in [7, 11) is -4.03. The van der Waals surface area contributed by atoms with Gasteiger partial charge in [0.05, 0.1) is 28.2 Å². The average Bonchev–Trinajstić information content (AvgIpc) is 2.53. The molecule has 0 aliphatic heterocycles. The largest absolute Gasteiger partial charge is 0.387 e. The number of halogens is 2. The van der Waals surface area contributed by atoms with E-state index in [1.807, 2.05) is 0 Å². The molecule has 2 aromatic rings. The Bertz CT molecular complexity index is 843. The quantitative estimate of drug-likeness (QED) is 0.870. The van der Waals surface area contributed by atoms with Gasteiger partial charge in [0, 0.05) is 6.54 Å². The van der Waals surface area contributed by atoms with Crippen LogP contribution in [-0.2, 0) is 10.0 Å². The van der Waals surface area contributed by atoms with Gasteiger partial charge < -0.3 is 5.11 Å². The molecule has 0 spiro atoms. The van der Waals surface area contributed by atoms with Gasteiger partial charge in [0.25, 0.3) is 0 Å². The van der Waals surface area contributed by atoms with Crippen molar-refractivity contribution in [3.05, 3.63) is 65.2 Å². The van der Waals surface area contributed by atoms with E-state index in [0.717, 1.165) is 24.3 Å². The molecule has 0 saturated carbocycles.